The first-order valence-corrected chi connectivity index (χ1v) is 15.5. The molecule has 2 aromatic rings. The van der Waals surface area contributed by atoms with Gasteiger partial charge in [-0.3, -0.25) is 9.80 Å². The zero-order valence-corrected chi connectivity index (χ0v) is 27.7. The van der Waals surface area contributed by atoms with Gasteiger partial charge in [0.2, 0.25) is 5.91 Å². The van der Waals surface area contributed by atoms with Crippen molar-refractivity contribution in [2.75, 3.05) is 43.6 Å². The normalized spacial score (nSPS) is 17.5. The lowest BCUT2D eigenvalue weighted by atomic mass is 10.0. The highest BCUT2D eigenvalue weighted by Crippen LogP contribution is 2.37. The topological polar surface area (TPSA) is 96.9 Å². The number of amides is 1. The van der Waals surface area contributed by atoms with Crippen molar-refractivity contribution in [2.24, 2.45) is 11.7 Å². The second-order valence-electron chi connectivity index (χ2n) is 11.4. The summed E-state index contributed by atoms with van der Waals surface area (Å²) in [6.45, 7) is 11.4. The molecule has 244 valence electrons. The number of nitrogens with two attached hydrogens (primary N) is 1. The second kappa shape index (κ2) is 17.9. The van der Waals surface area contributed by atoms with Gasteiger partial charge >= 0.3 is 0 Å². The first-order valence-electron chi connectivity index (χ1n) is 15.5. The number of hydrogen-bond donors (Lipinski definition) is 1. The van der Waals surface area contributed by atoms with Crippen LogP contribution in [0.15, 0.2) is 54.2 Å². The van der Waals surface area contributed by atoms with E-state index in [1.54, 1.807) is 35.2 Å². The predicted molar refractivity (Wildman–Crippen MR) is 178 cm³/mol. The molecule has 10 heteroatoms. The number of piperazine rings is 1. The van der Waals surface area contributed by atoms with Gasteiger partial charge in [0.15, 0.2) is 0 Å². The minimum Gasteiger partial charge on any atom is -0.402 e. The number of benzene rings is 2. The smallest absolute Gasteiger partial charge is 0.241 e. The molecule has 1 saturated heterocycles. The average Bonchev–Trinajstić information content (AvgIpc) is 3.32. The highest BCUT2D eigenvalue weighted by Gasteiger charge is 2.31. The molecule has 2 heterocycles. The van der Waals surface area contributed by atoms with Gasteiger partial charge in [0.1, 0.15) is 24.0 Å². The maximum absolute atomic E-state index is 15.3. The fourth-order valence-electron chi connectivity index (χ4n) is 4.89. The third-order valence-electron chi connectivity index (χ3n) is 8.13. The molecule has 0 spiro atoms. The van der Waals surface area contributed by atoms with Crippen molar-refractivity contribution < 1.29 is 18.4 Å². The molecular formula is C35H48F2N6O2. The minimum absolute atomic E-state index is 0.00287. The van der Waals surface area contributed by atoms with Gasteiger partial charge in [0.25, 0.3) is 0 Å². The van der Waals surface area contributed by atoms with Crippen molar-refractivity contribution in [3.8, 4) is 6.07 Å². The lowest BCUT2D eigenvalue weighted by molar-refractivity contribution is -0.129. The monoisotopic (exact) mass is 622 g/mol. The van der Waals surface area contributed by atoms with Crippen molar-refractivity contribution in [3.63, 3.8) is 0 Å². The van der Waals surface area contributed by atoms with Crippen LogP contribution < -0.4 is 15.6 Å². The summed E-state index contributed by atoms with van der Waals surface area (Å²) in [7, 11) is 3.59. The Morgan fingerprint density at radius 3 is 2.38 bits per heavy atom. The molecule has 1 fully saturated rings. The van der Waals surface area contributed by atoms with E-state index in [1.165, 1.54) is 44.4 Å². The molecule has 2 N–H and O–H groups in total. The number of rotatable bonds is 8. The summed E-state index contributed by atoms with van der Waals surface area (Å²) in [6, 6.07) is 11.1. The Hall–Kier alpha value is -4.23. The Labute approximate surface area is 267 Å². The fraction of sp³-hybridized carbons (Fsp3) is 0.457. The maximum Gasteiger partial charge on any atom is 0.241 e. The summed E-state index contributed by atoms with van der Waals surface area (Å²) in [6.07, 6.45) is 9.58. The summed E-state index contributed by atoms with van der Waals surface area (Å²) >= 11 is 0. The Morgan fingerprint density at radius 1 is 1.13 bits per heavy atom. The first-order chi connectivity index (χ1) is 21.4. The van der Waals surface area contributed by atoms with Crippen molar-refractivity contribution in [3.05, 3.63) is 77.0 Å². The number of halogens is 2. The molecule has 45 heavy (non-hydrogen) atoms. The SMILES string of the molecule is C/C=C(/N)CCCC(C)CC.CC1C=C(c2ccc(C#N)c(F)c2)N(c2ccc(N3CCN(C)C(=O)C3)cc2F)N1C.CC=O. The van der Waals surface area contributed by atoms with Gasteiger partial charge in [-0.25, -0.2) is 13.8 Å². The van der Waals surface area contributed by atoms with Crippen LogP contribution in [-0.4, -0.2) is 61.9 Å². The molecular weight excluding hydrogens is 574 g/mol. The van der Waals surface area contributed by atoms with Crippen LogP contribution in [0.4, 0.5) is 20.2 Å². The summed E-state index contributed by atoms with van der Waals surface area (Å²) in [5.41, 5.74) is 8.83. The number of nitrogens with zero attached hydrogens (tertiary/aromatic N) is 5. The number of allylic oxidation sites excluding steroid dienone is 2. The average molecular weight is 623 g/mol. The van der Waals surface area contributed by atoms with Crippen LogP contribution in [0.3, 0.4) is 0 Å². The van der Waals surface area contributed by atoms with Gasteiger partial charge in [0.05, 0.1) is 23.5 Å². The molecule has 0 aromatic heterocycles. The summed E-state index contributed by atoms with van der Waals surface area (Å²) < 4.78 is 29.5. The molecule has 0 saturated carbocycles. The van der Waals surface area contributed by atoms with E-state index in [1.807, 2.05) is 49.0 Å². The number of hydrogen-bond acceptors (Lipinski definition) is 7. The van der Waals surface area contributed by atoms with Gasteiger partial charge in [-0.1, -0.05) is 38.8 Å². The van der Waals surface area contributed by atoms with Crippen molar-refractivity contribution >= 4 is 29.3 Å². The summed E-state index contributed by atoms with van der Waals surface area (Å²) in [5.74, 6) is -0.194. The maximum atomic E-state index is 15.3. The van der Waals surface area contributed by atoms with Crippen molar-refractivity contribution in [2.45, 2.75) is 66.3 Å². The molecule has 8 nitrogen and oxygen atoms in total. The van der Waals surface area contributed by atoms with Gasteiger partial charge in [-0.15, -0.1) is 0 Å². The second-order valence-corrected chi connectivity index (χ2v) is 11.4. The minimum atomic E-state index is -0.612. The quantitative estimate of drug-likeness (QED) is 0.337. The standard InChI is InChI=1S/C23H23F2N5O.C10H21N.C2H4O/c1-15-10-22(16-4-5-17(13-26)19(24)11-16)30(28(15)3)21-7-6-18(12-20(21)25)29-9-8-27(2)23(31)14-29;1-4-9(3)7-6-8-10(11)5-2;1-2-3/h4-7,10-12,15H,8-9,14H2,1-3H3;5,9H,4,6-8,11H2,1-3H3;2H,1H3/b;10-5+;. The molecule has 0 radical (unpaired) electrons. The first kappa shape index (κ1) is 37.0. The van der Waals surface area contributed by atoms with E-state index >= 15 is 4.39 Å². The lowest BCUT2D eigenvalue weighted by Crippen LogP contribution is -2.48. The van der Waals surface area contributed by atoms with Crippen LogP contribution in [-0.2, 0) is 9.59 Å². The molecule has 2 aromatic carbocycles. The third-order valence-corrected chi connectivity index (χ3v) is 8.13. The van der Waals surface area contributed by atoms with Crippen LogP contribution in [0.5, 0.6) is 0 Å². The van der Waals surface area contributed by atoms with E-state index in [9.17, 15) is 9.18 Å². The van der Waals surface area contributed by atoms with Crippen LogP contribution in [0.1, 0.15) is 71.4 Å². The number of carbonyl (C=O) groups excluding carboxylic acids is 2. The van der Waals surface area contributed by atoms with E-state index in [0.717, 1.165) is 24.3 Å². The van der Waals surface area contributed by atoms with Gasteiger partial charge in [0, 0.05) is 50.2 Å². The van der Waals surface area contributed by atoms with Gasteiger partial charge < -0.3 is 20.3 Å². The molecule has 0 bridgehead atoms. The largest absolute Gasteiger partial charge is 0.402 e. The number of nitriles is 1. The van der Waals surface area contributed by atoms with Crippen LogP contribution >= 0.6 is 0 Å². The van der Waals surface area contributed by atoms with E-state index in [-0.39, 0.29) is 24.1 Å². The molecule has 2 aliphatic heterocycles. The molecule has 2 atom stereocenters. The lowest BCUT2D eigenvalue weighted by Gasteiger charge is -2.35. The molecule has 4 rings (SSSR count). The van der Waals surface area contributed by atoms with Crippen LogP contribution in [0.2, 0.25) is 0 Å². The zero-order chi connectivity index (χ0) is 33.7. The molecule has 0 aliphatic carbocycles. The predicted octanol–water partition coefficient (Wildman–Crippen LogP) is 6.48. The Balaban J connectivity index is 0.000000425. The molecule has 1 amide bonds. The van der Waals surface area contributed by atoms with Gasteiger partial charge in [-0.05, 0) is 75.9 Å². The summed E-state index contributed by atoms with van der Waals surface area (Å²) in [4.78, 5) is 24.3. The fourth-order valence-corrected chi connectivity index (χ4v) is 4.89. The molecule has 2 aliphatic rings. The van der Waals surface area contributed by atoms with Crippen molar-refractivity contribution in [1.82, 2.24) is 9.91 Å². The van der Waals surface area contributed by atoms with E-state index < -0.39 is 11.6 Å². The number of hydrazine groups is 1. The Bertz CT molecular complexity index is 1400. The van der Waals surface area contributed by atoms with E-state index in [4.69, 9.17) is 15.8 Å². The van der Waals surface area contributed by atoms with Gasteiger partial charge in [-0.2, -0.15) is 5.26 Å². The summed E-state index contributed by atoms with van der Waals surface area (Å²) in [5, 5.41) is 12.6. The Morgan fingerprint density at radius 2 is 1.82 bits per heavy atom. The number of aldehydes is 1. The molecule has 2 unspecified atom stereocenters. The number of anilines is 2. The number of carbonyl (C=O) groups is 2. The number of likely N-dealkylation sites (N-methyl/N-ethyl adjacent to an activating group) is 2. The van der Waals surface area contributed by atoms with Crippen LogP contribution in [0.25, 0.3) is 5.70 Å². The Kier molecular flexibility index (Phi) is 14.7. The highest BCUT2D eigenvalue weighted by atomic mass is 19.1. The highest BCUT2D eigenvalue weighted by molar-refractivity contribution is 5.84. The van der Waals surface area contributed by atoms with Crippen LogP contribution in [0, 0.1) is 28.9 Å². The third kappa shape index (κ3) is 10.1. The zero-order valence-electron chi connectivity index (χ0n) is 27.7. The van der Waals surface area contributed by atoms with Crippen molar-refractivity contribution in [1.29, 1.82) is 5.26 Å². The van der Waals surface area contributed by atoms with E-state index in [0.29, 0.717) is 35.7 Å². The van der Waals surface area contributed by atoms with E-state index in [2.05, 4.69) is 13.8 Å².